The molecule has 20 heavy (non-hydrogen) atoms. The zero-order valence-corrected chi connectivity index (χ0v) is 12.2. The van der Waals surface area contributed by atoms with E-state index in [1.807, 2.05) is 12.1 Å². The highest BCUT2D eigenvalue weighted by atomic mass is 16.5. The van der Waals surface area contributed by atoms with Crippen LogP contribution in [0.25, 0.3) is 0 Å². The topological polar surface area (TPSA) is 62.0 Å². The number of hydrogen-bond acceptors (Lipinski definition) is 5. The van der Waals surface area contributed by atoms with Gasteiger partial charge in [-0.2, -0.15) is 0 Å². The Balaban J connectivity index is 1.78. The summed E-state index contributed by atoms with van der Waals surface area (Å²) in [6, 6.07) is 8.13. The lowest BCUT2D eigenvalue weighted by Crippen LogP contribution is -2.47. The van der Waals surface area contributed by atoms with Crippen LogP contribution in [0.15, 0.2) is 24.3 Å². The van der Waals surface area contributed by atoms with Crippen molar-refractivity contribution in [3.05, 3.63) is 24.3 Å². The molecule has 3 N–H and O–H groups in total. The molecule has 1 fully saturated rings. The number of methoxy groups -OCH3 is 1. The Hall–Kier alpha value is -1.30. The number of nitrogens with two attached hydrogens (primary N) is 1. The van der Waals surface area contributed by atoms with E-state index in [0.29, 0.717) is 0 Å². The molecule has 1 aliphatic heterocycles. The van der Waals surface area contributed by atoms with E-state index >= 15 is 0 Å². The van der Waals surface area contributed by atoms with Crippen LogP contribution in [0.1, 0.15) is 6.42 Å². The number of nitrogens with zero attached hydrogens (tertiary/aromatic N) is 2. The molecule has 1 saturated heterocycles. The van der Waals surface area contributed by atoms with Crippen LogP contribution in [0.2, 0.25) is 0 Å². The highest BCUT2D eigenvalue weighted by molar-refractivity contribution is 5.49. The molecule has 1 aromatic carbocycles. The van der Waals surface area contributed by atoms with Crippen molar-refractivity contribution in [3.8, 4) is 5.75 Å². The zero-order chi connectivity index (χ0) is 14.4. The van der Waals surface area contributed by atoms with E-state index in [9.17, 15) is 0 Å². The highest BCUT2D eigenvalue weighted by Crippen LogP contribution is 2.20. The normalized spacial score (nSPS) is 18.1. The maximum atomic E-state index is 8.94. The molecule has 2 rings (SSSR count). The maximum Gasteiger partial charge on any atom is 0.119 e. The number of rotatable bonds is 6. The Morgan fingerprint density at radius 3 is 2.40 bits per heavy atom. The van der Waals surface area contributed by atoms with Gasteiger partial charge in [-0.05, 0) is 37.2 Å². The molecule has 0 radical (unpaired) electrons. The van der Waals surface area contributed by atoms with Gasteiger partial charge < -0.3 is 20.5 Å². The Kier molecular flexibility index (Phi) is 5.64. The van der Waals surface area contributed by atoms with Gasteiger partial charge in [0.05, 0.1) is 13.7 Å². The van der Waals surface area contributed by atoms with Crippen molar-refractivity contribution in [2.24, 2.45) is 5.73 Å². The molecule has 0 spiro atoms. The first-order valence-corrected chi connectivity index (χ1v) is 7.20. The SMILES string of the molecule is COc1ccc(N2CCN(CCC(N)CO)CC2)cc1. The molecule has 0 aliphatic carbocycles. The first-order valence-electron chi connectivity index (χ1n) is 7.20. The minimum absolute atomic E-state index is 0.0752. The quantitative estimate of drug-likeness (QED) is 0.795. The summed E-state index contributed by atoms with van der Waals surface area (Å²) in [5, 5.41) is 8.94. The fourth-order valence-electron chi connectivity index (χ4n) is 2.46. The van der Waals surface area contributed by atoms with E-state index in [1.54, 1.807) is 7.11 Å². The van der Waals surface area contributed by atoms with E-state index in [1.165, 1.54) is 5.69 Å². The van der Waals surface area contributed by atoms with Crippen molar-refractivity contribution in [2.45, 2.75) is 12.5 Å². The van der Waals surface area contributed by atoms with Crippen LogP contribution >= 0.6 is 0 Å². The van der Waals surface area contributed by atoms with Gasteiger partial charge in [0.15, 0.2) is 0 Å². The van der Waals surface area contributed by atoms with Gasteiger partial charge in [-0.3, -0.25) is 4.90 Å². The van der Waals surface area contributed by atoms with Crippen LogP contribution in [0.3, 0.4) is 0 Å². The number of anilines is 1. The Bertz CT molecular complexity index is 389. The average Bonchev–Trinajstić information content (AvgIpc) is 2.53. The van der Waals surface area contributed by atoms with Crippen molar-refractivity contribution in [1.29, 1.82) is 0 Å². The number of aliphatic hydroxyl groups is 1. The second-order valence-corrected chi connectivity index (χ2v) is 5.26. The average molecular weight is 279 g/mol. The number of aliphatic hydroxyl groups excluding tert-OH is 1. The second kappa shape index (κ2) is 7.47. The van der Waals surface area contributed by atoms with E-state index in [-0.39, 0.29) is 12.6 Å². The molecular formula is C15H25N3O2. The standard InChI is InChI=1S/C15H25N3O2/c1-20-15-4-2-14(3-5-15)18-10-8-17(9-11-18)7-6-13(16)12-19/h2-5,13,19H,6-12,16H2,1H3. The van der Waals surface area contributed by atoms with Crippen LogP contribution in [-0.2, 0) is 0 Å². The largest absolute Gasteiger partial charge is 0.497 e. The van der Waals surface area contributed by atoms with E-state index in [0.717, 1.165) is 44.9 Å². The summed E-state index contributed by atoms with van der Waals surface area (Å²) in [6.45, 7) is 5.19. The highest BCUT2D eigenvalue weighted by Gasteiger charge is 2.17. The van der Waals surface area contributed by atoms with Gasteiger partial charge in [-0.25, -0.2) is 0 Å². The fourth-order valence-corrected chi connectivity index (χ4v) is 2.46. The molecule has 1 atom stereocenters. The molecule has 1 heterocycles. The molecular weight excluding hydrogens is 254 g/mol. The Morgan fingerprint density at radius 1 is 1.20 bits per heavy atom. The lowest BCUT2D eigenvalue weighted by Gasteiger charge is -2.36. The van der Waals surface area contributed by atoms with Crippen LogP contribution in [0, 0.1) is 0 Å². The first-order chi connectivity index (χ1) is 9.72. The summed E-state index contributed by atoms with van der Waals surface area (Å²) >= 11 is 0. The van der Waals surface area contributed by atoms with Gasteiger partial charge in [-0.1, -0.05) is 0 Å². The lowest BCUT2D eigenvalue weighted by molar-refractivity contribution is 0.217. The number of benzene rings is 1. The minimum Gasteiger partial charge on any atom is -0.497 e. The third kappa shape index (κ3) is 4.10. The van der Waals surface area contributed by atoms with Gasteiger partial charge in [0, 0.05) is 37.9 Å². The summed E-state index contributed by atoms with van der Waals surface area (Å²) in [4.78, 5) is 4.80. The monoisotopic (exact) mass is 279 g/mol. The summed E-state index contributed by atoms with van der Waals surface area (Å²) in [5.74, 6) is 0.894. The van der Waals surface area contributed by atoms with Crippen molar-refractivity contribution in [2.75, 3.05) is 51.3 Å². The molecule has 112 valence electrons. The molecule has 0 bridgehead atoms. The van der Waals surface area contributed by atoms with Crippen LogP contribution in [0.5, 0.6) is 5.75 Å². The fraction of sp³-hybridized carbons (Fsp3) is 0.600. The summed E-state index contributed by atoms with van der Waals surface area (Å²) in [5.41, 5.74) is 6.98. The zero-order valence-electron chi connectivity index (χ0n) is 12.2. The van der Waals surface area contributed by atoms with Gasteiger partial charge in [-0.15, -0.1) is 0 Å². The number of ether oxygens (including phenoxy) is 1. The van der Waals surface area contributed by atoms with Crippen LogP contribution in [-0.4, -0.2) is 62.5 Å². The molecule has 0 saturated carbocycles. The Morgan fingerprint density at radius 2 is 1.85 bits per heavy atom. The van der Waals surface area contributed by atoms with Crippen molar-refractivity contribution in [1.82, 2.24) is 4.90 Å². The second-order valence-electron chi connectivity index (χ2n) is 5.26. The minimum atomic E-state index is -0.0883. The number of piperazine rings is 1. The molecule has 5 heteroatoms. The van der Waals surface area contributed by atoms with Crippen LogP contribution < -0.4 is 15.4 Å². The molecule has 5 nitrogen and oxygen atoms in total. The maximum absolute atomic E-state index is 8.94. The van der Waals surface area contributed by atoms with Gasteiger partial charge in [0.25, 0.3) is 0 Å². The van der Waals surface area contributed by atoms with Crippen molar-refractivity contribution < 1.29 is 9.84 Å². The third-order valence-electron chi connectivity index (χ3n) is 3.86. The molecule has 0 amide bonds. The summed E-state index contributed by atoms with van der Waals surface area (Å²) in [6.07, 6.45) is 0.860. The third-order valence-corrected chi connectivity index (χ3v) is 3.86. The predicted octanol–water partition coefficient (Wildman–Crippen LogP) is 0.527. The smallest absolute Gasteiger partial charge is 0.119 e. The molecule has 1 aliphatic rings. The van der Waals surface area contributed by atoms with Crippen LogP contribution in [0.4, 0.5) is 5.69 Å². The Labute approximate surface area is 120 Å². The summed E-state index contributed by atoms with van der Waals surface area (Å²) < 4.78 is 5.18. The van der Waals surface area contributed by atoms with E-state index in [2.05, 4.69) is 21.9 Å². The first kappa shape index (κ1) is 15.1. The van der Waals surface area contributed by atoms with Gasteiger partial charge >= 0.3 is 0 Å². The van der Waals surface area contributed by atoms with Gasteiger partial charge in [0.2, 0.25) is 0 Å². The van der Waals surface area contributed by atoms with E-state index in [4.69, 9.17) is 15.6 Å². The summed E-state index contributed by atoms with van der Waals surface area (Å²) in [7, 11) is 1.69. The van der Waals surface area contributed by atoms with Crippen molar-refractivity contribution >= 4 is 5.69 Å². The molecule has 1 unspecified atom stereocenters. The number of hydrogen-bond donors (Lipinski definition) is 2. The molecule has 0 aromatic heterocycles. The lowest BCUT2D eigenvalue weighted by atomic mass is 10.2. The molecule has 1 aromatic rings. The van der Waals surface area contributed by atoms with Crippen molar-refractivity contribution in [3.63, 3.8) is 0 Å². The van der Waals surface area contributed by atoms with E-state index < -0.39 is 0 Å². The van der Waals surface area contributed by atoms with Gasteiger partial charge in [0.1, 0.15) is 5.75 Å². The predicted molar refractivity (Wildman–Crippen MR) is 81.3 cm³/mol.